The van der Waals surface area contributed by atoms with Gasteiger partial charge in [0.1, 0.15) is 28.7 Å². The van der Waals surface area contributed by atoms with Gasteiger partial charge < -0.3 is 114 Å². The van der Waals surface area contributed by atoms with Crippen LogP contribution in [0.25, 0.3) is 0 Å². The van der Waals surface area contributed by atoms with Gasteiger partial charge in [0.15, 0.2) is 80.5 Å². The summed E-state index contributed by atoms with van der Waals surface area (Å²) in [7, 11) is 0. The minimum absolute atomic E-state index is 0.372. The smallest absolute Gasteiger partial charge is 0.308 e. The van der Waals surface area contributed by atoms with Crippen molar-refractivity contribution < 1.29 is 200 Å². The van der Waals surface area contributed by atoms with Gasteiger partial charge in [-0.15, -0.1) is 0 Å². The summed E-state index contributed by atoms with van der Waals surface area (Å²) < 4.78 is 136. The van der Waals surface area contributed by atoms with E-state index in [2.05, 4.69) is 0 Å². The molecule has 7 aromatic carbocycles. The van der Waals surface area contributed by atoms with E-state index in [0.717, 1.165) is 185 Å². The van der Waals surface area contributed by atoms with Crippen LogP contribution >= 0.6 is 0 Å². The molecule has 0 spiro atoms. The van der Waals surface area contributed by atoms with Crippen molar-refractivity contribution in [3.05, 3.63) is 72.8 Å². The predicted molar refractivity (Wildman–Crippen MR) is 389 cm³/mol. The topological polar surface area (TPSA) is 529 Å². The molecule has 120 heavy (non-hydrogen) atoms. The first-order valence-corrected chi connectivity index (χ1v) is 33.9. The number of benzene rings is 7. The molecule has 0 bridgehead atoms. The highest BCUT2D eigenvalue weighted by atomic mass is 16.7. The highest BCUT2D eigenvalue weighted by molar-refractivity contribution is 5.87. The zero-order valence-corrected chi connectivity index (χ0v) is 66.1. The van der Waals surface area contributed by atoms with Gasteiger partial charge in [0.25, 0.3) is 0 Å². The standard InChI is InChI=1S/C78H66O42/c1-31(79)97-49-19-57(101-35(5)83)70(58(20-49)102-36(6)84)116-51-23-56(100-34(4)82)69(110-44(14)92)63(28-51)119-66-29-64(107-41(11)89)73(111-45(15)93)77(113-47(17)95)75(66)117-53-26-61(105-39(9)87)72(62(27-53)106-40(10)88)120-67-30-65(108-42(12)90)74(112-46(16)94)78(114-48(18)96)76(67)118-52-24-59(103-37(7)85)71(60(25-52)104-38(8)86)115-50-21-54(98-32(2)80)68(109-43(13)91)55(22-50)99-33(3)81/h19-30H,1-18H3. The summed E-state index contributed by atoms with van der Waals surface area (Å²) in [5.41, 5.74) is 0. The van der Waals surface area contributed by atoms with Crippen LogP contribution in [0.1, 0.15) is 125 Å². The van der Waals surface area contributed by atoms with E-state index < -0.39 is 274 Å². The van der Waals surface area contributed by atoms with E-state index in [1.165, 1.54) is 0 Å². The first kappa shape index (κ1) is 91.0. The van der Waals surface area contributed by atoms with Gasteiger partial charge in [-0.1, -0.05) is 0 Å². The Balaban J connectivity index is 1.59. The van der Waals surface area contributed by atoms with Gasteiger partial charge in [0.05, 0.1) is 0 Å². The van der Waals surface area contributed by atoms with Gasteiger partial charge in [-0.3, -0.25) is 86.3 Å². The van der Waals surface area contributed by atoms with Crippen LogP contribution in [0.3, 0.4) is 0 Å². The summed E-state index contributed by atoms with van der Waals surface area (Å²) in [5, 5.41) is 0. The Kier molecular flexibility index (Phi) is 30.1. The Morgan fingerprint density at radius 3 is 0.508 bits per heavy atom. The maximum absolute atomic E-state index is 13.5. The fourth-order valence-corrected chi connectivity index (χ4v) is 9.78. The summed E-state index contributed by atoms with van der Waals surface area (Å²) in [6.45, 7) is 15.8. The molecular formula is C78H66O42. The van der Waals surface area contributed by atoms with Crippen molar-refractivity contribution in [2.24, 2.45) is 0 Å². The molecule has 0 aliphatic heterocycles. The van der Waals surface area contributed by atoms with Crippen molar-refractivity contribution in [1.82, 2.24) is 0 Å². The van der Waals surface area contributed by atoms with E-state index in [9.17, 15) is 86.3 Å². The van der Waals surface area contributed by atoms with E-state index in [1.807, 2.05) is 0 Å². The van der Waals surface area contributed by atoms with Crippen LogP contribution < -0.4 is 114 Å². The zero-order valence-electron chi connectivity index (χ0n) is 66.1. The number of rotatable bonds is 30. The third kappa shape index (κ3) is 25.9. The van der Waals surface area contributed by atoms with Crippen LogP contribution in [0.4, 0.5) is 0 Å². The first-order valence-electron chi connectivity index (χ1n) is 33.9. The molecule has 0 saturated heterocycles. The molecule has 0 unspecified atom stereocenters. The lowest BCUT2D eigenvalue weighted by Gasteiger charge is -2.23. The average molecular weight is 1680 g/mol. The molecule has 0 aliphatic rings. The molecule has 0 aromatic heterocycles. The second-order valence-corrected chi connectivity index (χ2v) is 23.8. The zero-order chi connectivity index (χ0) is 89.2. The maximum Gasteiger partial charge on any atom is 0.308 e. The average Bonchev–Trinajstić information content (AvgIpc) is 0.767. The highest BCUT2D eigenvalue weighted by Crippen LogP contribution is 2.60. The molecule has 42 heteroatoms. The van der Waals surface area contributed by atoms with Crippen molar-refractivity contribution >= 4 is 107 Å². The molecular weight excluding hydrogens is 1610 g/mol. The molecule has 0 saturated carbocycles. The van der Waals surface area contributed by atoms with Gasteiger partial charge in [-0.25, -0.2) is 0 Å². The van der Waals surface area contributed by atoms with Crippen molar-refractivity contribution in [3.63, 3.8) is 0 Å². The molecule has 0 heterocycles. The second kappa shape index (κ2) is 39.7. The Morgan fingerprint density at radius 1 is 0.125 bits per heavy atom. The van der Waals surface area contributed by atoms with Crippen molar-refractivity contribution in [2.45, 2.75) is 125 Å². The van der Waals surface area contributed by atoms with Gasteiger partial charge in [0.2, 0.25) is 63.2 Å². The first-order chi connectivity index (χ1) is 56.2. The molecule has 0 N–H and O–H groups in total. The maximum atomic E-state index is 13.5. The Morgan fingerprint density at radius 2 is 0.275 bits per heavy atom. The number of carbonyl (C=O) groups is 18. The quantitative estimate of drug-likeness (QED) is 0.0298. The molecule has 0 aliphatic carbocycles. The van der Waals surface area contributed by atoms with Crippen LogP contribution in [-0.4, -0.2) is 107 Å². The van der Waals surface area contributed by atoms with Crippen LogP contribution in [-0.2, 0) is 86.3 Å². The van der Waals surface area contributed by atoms with Crippen molar-refractivity contribution in [2.75, 3.05) is 0 Å². The van der Waals surface area contributed by atoms with Gasteiger partial charge in [-0.2, -0.15) is 0 Å². The van der Waals surface area contributed by atoms with Gasteiger partial charge in [-0.05, 0) is 0 Å². The third-order valence-electron chi connectivity index (χ3n) is 13.1. The summed E-state index contributed by atoms with van der Waals surface area (Å²) in [6.07, 6.45) is 0. The van der Waals surface area contributed by atoms with E-state index in [4.69, 9.17) is 114 Å². The fraction of sp³-hybridized carbons (Fsp3) is 0.231. The highest BCUT2D eigenvalue weighted by Gasteiger charge is 2.37. The number of esters is 18. The monoisotopic (exact) mass is 1670 g/mol. The summed E-state index contributed by atoms with van der Waals surface area (Å²) in [6, 6.07) is 9.97. The van der Waals surface area contributed by atoms with E-state index in [-0.39, 0.29) is 5.75 Å². The number of carbonyl (C=O) groups excluding carboxylic acids is 18. The molecule has 7 rings (SSSR count). The largest absolute Gasteiger partial charge is 0.449 e. The van der Waals surface area contributed by atoms with E-state index in [1.54, 1.807) is 0 Å². The summed E-state index contributed by atoms with van der Waals surface area (Å²) in [4.78, 5) is 233. The lowest BCUT2D eigenvalue weighted by Crippen LogP contribution is -2.13. The third-order valence-corrected chi connectivity index (χ3v) is 13.1. The second-order valence-electron chi connectivity index (χ2n) is 23.8. The fourth-order valence-electron chi connectivity index (χ4n) is 9.78. The van der Waals surface area contributed by atoms with E-state index >= 15 is 0 Å². The van der Waals surface area contributed by atoms with Crippen molar-refractivity contribution in [3.8, 4) is 172 Å². The van der Waals surface area contributed by atoms with Crippen LogP contribution in [0.15, 0.2) is 72.8 Å². The normalized spacial score (nSPS) is 10.3. The van der Waals surface area contributed by atoms with Crippen LogP contribution in [0, 0.1) is 0 Å². The Bertz CT molecular complexity index is 5320. The predicted octanol–water partition coefficient (Wildman–Crippen LogP) is 11.1. The number of ether oxygens (including phenoxy) is 24. The molecule has 630 valence electrons. The summed E-state index contributed by atoms with van der Waals surface area (Å²) >= 11 is 0. The number of hydrogen-bond donors (Lipinski definition) is 0. The van der Waals surface area contributed by atoms with Crippen LogP contribution in [0.2, 0.25) is 0 Å². The minimum atomic E-state index is -1.30. The Hall–Kier alpha value is -16.2. The molecule has 42 nitrogen and oxygen atoms in total. The molecule has 7 aromatic rings. The van der Waals surface area contributed by atoms with E-state index in [0.29, 0.717) is 12.1 Å². The molecule has 0 amide bonds. The minimum Gasteiger partial charge on any atom is -0.449 e. The molecule has 0 radical (unpaired) electrons. The molecule has 0 atom stereocenters. The summed E-state index contributed by atoms with van der Waals surface area (Å²) in [5.74, 6) is -44.8. The molecule has 0 fully saturated rings. The van der Waals surface area contributed by atoms with Gasteiger partial charge >= 0.3 is 107 Å². The van der Waals surface area contributed by atoms with Crippen LogP contribution in [0.5, 0.6) is 172 Å². The SMILES string of the molecule is CC(=O)Oc1cc(OC(C)=O)c(Oc2cc(OC(C)=O)c(OC(C)=O)c(Oc3cc(OC(C)=O)c(OC(C)=O)c(OC(C)=O)c3Oc3cc(OC(C)=O)c(Oc4cc(OC(C)=O)c(OC(C)=O)c(OC(C)=O)c4Oc4cc(OC(C)=O)c(Oc5cc(OC(C)=O)c(OC(C)=O)c(OC(C)=O)c5)c(OC(C)=O)c4)c(OC(C)=O)c3)c2)c(OC(C)=O)c1. The van der Waals surface area contributed by atoms with Gasteiger partial charge in [0, 0.05) is 197 Å². The van der Waals surface area contributed by atoms with Crippen molar-refractivity contribution in [1.29, 1.82) is 0 Å². The number of hydrogen-bond acceptors (Lipinski definition) is 42. The lowest BCUT2D eigenvalue weighted by molar-refractivity contribution is -0.135. The Labute approximate surface area is 675 Å². The lowest BCUT2D eigenvalue weighted by atomic mass is 10.2.